The van der Waals surface area contributed by atoms with Crippen LogP contribution < -0.4 is 10.2 Å². The molecule has 1 N–H and O–H groups in total. The van der Waals surface area contributed by atoms with Gasteiger partial charge in [0.1, 0.15) is 0 Å². The summed E-state index contributed by atoms with van der Waals surface area (Å²) in [5.74, 6) is 0.0774. The number of nitrogens with one attached hydrogen (secondary N) is 1. The van der Waals surface area contributed by atoms with E-state index in [4.69, 9.17) is 0 Å². The second-order valence-electron chi connectivity index (χ2n) is 6.06. The Morgan fingerprint density at radius 3 is 2.43 bits per heavy atom. The van der Waals surface area contributed by atoms with Crippen LogP contribution in [0.25, 0.3) is 0 Å². The Bertz CT molecular complexity index is 491. The molecule has 4 heteroatoms. The second-order valence-corrected chi connectivity index (χ2v) is 6.06. The van der Waals surface area contributed by atoms with Gasteiger partial charge in [-0.1, -0.05) is 20.8 Å². The van der Waals surface area contributed by atoms with Gasteiger partial charge < -0.3 is 15.1 Å². The maximum Gasteiger partial charge on any atom is 0.226 e. The monoisotopic (exact) mass is 289 g/mol. The van der Waals surface area contributed by atoms with Crippen molar-refractivity contribution >= 4 is 17.3 Å². The maximum atomic E-state index is 11.8. The number of piperazine rings is 1. The number of aryl methyl sites for hydroxylation is 1. The minimum absolute atomic E-state index is 0.00574. The summed E-state index contributed by atoms with van der Waals surface area (Å²) in [4.78, 5) is 16.7. The van der Waals surface area contributed by atoms with Gasteiger partial charge in [-0.3, -0.25) is 4.79 Å². The average molecular weight is 289 g/mol. The highest BCUT2D eigenvalue weighted by atomic mass is 16.1. The van der Waals surface area contributed by atoms with Gasteiger partial charge in [-0.15, -0.1) is 0 Å². The first kappa shape index (κ1) is 15.8. The fraction of sp³-hybridized carbons (Fsp3) is 0.588. The van der Waals surface area contributed by atoms with E-state index in [1.165, 1.54) is 5.69 Å². The molecule has 0 atom stereocenters. The predicted molar refractivity (Wildman–Crippen MR) is 89.0 cm³/mol. The Morgan fingerprint density at radius 1 is 1.24 bits per heavy atom. The number of carbonyl (C=O) groups excluding carboxylic acids is 1. The largest absolute Gasteiger partial charge is 0.369 e. The molecule has 1 heterocycles. The SMILES string of the molecule is CCN1CCN(c2ccc(NC(=O)C(C)C)c(C)c2)CC1. The first-order chi connectivity index (χ1) is 10.0. The third-order valence-corrected chi connectivity index (χ3v) is 4.18. The van der Waals surface area contributed by atoms with Gasteiger partial charge in [0.25, 0.3) is 0 Å². The van der Waals surface area contributed by atoms with Crippen molar-refractivity contribution in [1.29, 1.82) is 0 Å². The van der Waals surface area contributed by atoms with Gasteiger partial charge in [0.2, 0.25) is 5.91 Å². The third-order valence-electron chi connectivity index (χ3n) is 4.18. The van der Waals surface area contributed by atoms with Gasteiger partial charge in [0.05, 0.1) is 0 Å². The van der Waals surface area contributed by atoms with Crippen molar-refractivity contribution in [1.82, 2.24) is 4.90 Å². The number of nitrogens with zero attached hydrogens (tertiary/aromatic N) is 2. The molecule has 0 radical (unpaired) electrons. The number of likely N-dealkylation sites (N-methyl/N-ethyl adjacent to an activating group) is 1. The number of amides is 1. The minimum atomic E-state index is 0.00574. The highest BCUT2D eigenvalue weighted by Gasteiger charge is 2.16. The zero-order chi connectivity index (χ0) is 15.4. The standard InChI is InChI=1S/C17H27N3O/c1-5-19-8-10-20(11-9-19)15-6-7-16(14(4)12-15)18-17(21)13(2)3/h6-7,12-13H,5,8-11H2,1-4H3,(H,18,21). The minimum Gasteiger partial charge on any atom is -0.369 e. The second kappa shape index (κ2) is 6.94. The molecule has 1 aromatic rings. The number of rotatable bonds is 4. The van der Waals surface area contributed by atoms with Crippen molar-refractivity contribution in [3.05, 3.63) is 23.8 Å². The van der Waals surface area contributed by atoms with Crippen molar-refractivity contribution in [3.8, 4) is 0 Å². The van der Waals surface area contributed by atoms with Crippen LogP contribution in [0.2, 0.25) is 0 Å². The molecular formula is C17H27N3O. The molecule has 1 fully saturated rings. The van der Waals surface area contributed by atoms with Crippen LogP contribution in [-0.2, 0) is 4.79 Å². The van der Waals surface area contributed by atoms with Crippen LogP contribution >= 0.6 is 0 Å². The molecule has 0 aromatic heterocycles. The van der Waals surface area contributed by atoms with E-state index in [9.17, 15) is 4.79 Å². The van der Waals surface area contributed by atoms with E-state index in [0.29, 0.717) is 0 Å². The van der Waals surface area contributed by atoms with Crippen molar-refractivity contribution in [2.75, 3.05) is 42.9 Å². The molecule has 0 spiro atoms. The molecule has 0 unspecified atom stereocenters. The molecule has 0 bridgehead atoms. The van der Waals surface area contributed by atoms with E-state index >= 15 is 0 Å². The van der Waals surface area contributed by atoms with E-state index in [0.717, 1.165) is 44.0 Å². The molecular weight excluding hydrogens is 262 g/mol. The van der Waals surface area contributed by atoms with Crippen LogP contribution in [0.3, 0.4) is 0 Å². The predicted octanol–water partition coefficient (Wildman–Crippen LogP) is 2.73. The van der Waals surface area contributed by atoms with Crippen LogP contribution in [0, 0.1) is 12.8 Å². The van der Waals surface area contributed by atoms with E-state index in [-0.39, 0.29) is 11.8 Å². The Kier molecular flexibility index (Phi) is 5.23. The normalized spacial score (nSPS) is 16.3. The first-order valence-electron chi connectivity index (χ1n) is 7.90. The Morgan fingerprint density at radius 2 is 1.90 bits per heavy atom. The fourth-order valence-electron chi connectivity index (χ4n) is 2.58. The summed E-state index contributed by atoms with van der Waals surface area (Å²) in [6, 6.07) is 6.32. The van der Waals surface area contributed by atoms with Gasteiger partial charge in [-0.05, 0) is 37.2 Å². The van der Waals surface area contributed by atoms with Crippen molar-refractivity contribution in [2.24, 2.45) is 5.92 Å². The van der Waals surface area contributed by atoms with Gasteiger partial charge in [0.15, 0.2) is 0 Å². The summed E-state index contributed by atoms with van der Waals surface area (Å²) < 4.78 is 0. The molecule has 0 aliphatic carbocycles. The topological polar surface area (TPSA) is 35.6 Å². The number of hydrogen-bond donors (Lipinski definition) is 1. The third kappa shape index (κ3) is 3.97. The van der Waals surface area contributed by atoms with E-state index < -0.39 is 0 Å². The van der Waals surface area contributed by atoms with Crippen LogP contribution in [0.4, 0.5) is 11.4 Å². The molecule has 21 heavy (non-hydrogen) atoms. The summed E-state index contributed by atoms with van der Waals surface area (Å²) in [5.41, 5.74) is 3.30. The zero-order valence-electron chi connectivity index (χ0n) is 13.6. The Labute approximate surface area is 128 Å². The van der Waals surface area contributed by atoms with Crippen molar-refractivity contribution in [2.45, 2.75) is 27.7 Å². The van der Waals surface area contributed by atoms with Gasteiger partial charge in [0, 0.05) is 43.5 Å². The summed E-state index contributed by atoms with van der Waals surface area (Å²) in [6.45, 7) is 13.6. The smallest absolute Gasteiger partial charge is 0.226 e. The van der Waals surface area contributed by atoms with E-state index in [1.54, 1.807) is 0 Å². The lowest BCUT2D eigenvalue weighted by Gasteiger charge is -2.35. The lowest BCUT2D eigenvalue weighted by molar-refractivity contribution is -0.118. The molecule has 1 saturated heterocycles. The zero-order valence-corrected chi connectivity index (χ0v) is 13.6. The number of hydrogen-bond acceptors (Lipinski definition) is 3. The van der Waals surface area contributed by atoms with Crippen molar-refractivity contribution in [3.63, 3.8) is 0 Å². The van der Waals surface area contributed by atoms with Gasteiger partial charge in [-0.2, -0.15) is 0 Å². The van der Waals surface area contributed by atoms with Gasteiger partial charge in [-0.25, -0.2) is 0 Å². The Balaban J connectivity index is 2.04. The van der Waals surface area contributed by atoms with Gasteiger partial charge >= 0.3 is 0 Å². The Hall–Kier alpha value is -1.55. The van der Waals surface area contributed by atoms with Crippen LogP contribution in [0.15, 0.2) is 18.2 Å². The van der Waals surface area contributed by atoms with Crippen molar-refractivity contribution < 1.29 is 4.79 Å². The highest BCUT2D eigenvalue weighted by molar-refractivity contribution is 5.93. The lowest BCUT2D eigenvalue weighted by Crippen LogP contribution is -2.46. The van der Waals surface area contributed by atoms with Crippen LogP contribution in [-0.4, -0.2) is 43.5 Å². The number of benzene rings is 1. The van der Waals surface area contributed by atoms with E-state index in [2.05, 4.69) is 41.1 Å². The van der Waals surface area contributed by atoms with E-state index in [1.807, 2.05) is 19.9 Å². The lowest BCUT2D eigenvalue weighted by atomic mass is 10.1. The number of anilines is 2. The molecule has 1 amide bonds. The first-order valence-corrected chi connectivity index (χ1v) is 7.90. The molecule has 1 aromatic carbocycles. The fourth-order valence-corrected chi connectivity index (χ4v) is 2.58. The summed E-state index contributed by atoms with van der Waals surface area (Å²) >= 11 is 0. The summed E-state index contributed by atoms with van der Waals surface area (Å²) in [7, 11) is 0. The highest BCUT2D eigenvalue weighted by Crippen LogP contribution is 2.24. The average Bonchev–Trinajstić information content (AvgIpc) is 2.49. The molecule has 0 saturated carbocycles. The van der Waals surface area contributed by atoms with Crippen LogP contribution in [0.5, 0.6) is 0 Å². The molecule has 116 valence electrons. The molecule has 2 rings (SSSR count). The summed E-state index contributed by atoms with van der Waals surface area (Å²) in [5, 5.41) is 2.99. The summed E-state index contributed by atoms with van der Waals surface area (Å²) in [6.07, 6.45) is 0. The molecule has 4 nitrogen and oxygen atoms in total. The molecule has 1 aliphatic rings. The molecule has 1 aliphatic heterocycles. The number of carbonyl (C=O) groups is 1. The quantitative estimate of drug-likeness (QED) is 0.926. The van der Waals surface area contributed by atoms with Crippen LogP contribution in [0.1, 0.15) is 26.3 Å². The maximum absolute atomic E-state index is 11.8.